The van der Waals surface area contributed by atoms with Crippen molar-refractivity contribution in [3.8, 4) is 0 Å². The van der Waals surface area contributed by atoms with E-state index in [9.17, 15) is 0 Å². The highest BCUT2D eigenvalue weighted by atomic mass is 79.9. The van der Waals surface area contributed by atoms with E-state index in [1.54, 1.807) is 0 Å². The number of unbranched alkanes of at least 4 members (excludes halogenated alkanes) is 6. The minimum Gasteiger partial charge on any atom is -1.00 e. The maximum absolute atomic E-state index is 3.86. The third-order valence-electron chi connectivity index (χ3n) is 3.44. The number of rotatable bonds is 12. The predicted octanol–water partition coefficient (Wildman–Crippen LogP) is 1.56. The molecule has 0 saturated carbocycles. The average molecular weight is 318 g/mol. The van der Waals surface area contributed by atoms with Gasteiger partial charge in [-0.1, -0.05) is 52.2 Å². The first-order valence-corrected chi connectivity index (χ1v) is 7.24. The third kappa shape index (κ3) is 11.0. The first kappa shape index (κ1) is 20.2. The number of hydrogen-bond acceptors (Lipinski definition) is 0. The summed E-state index contributed by atoms with van der Waals surface area (Å²) in [6, 6.07) is 0. The summed E-state index contributed by atoms with van der Waals surface area (Å²) in [6.45, 7) is 13.4. The summed E-state index contributed by atoms with van der Waals surface area (Å²) in [7, 11) is 2.31. The van der Waals surface area contributed by atoms with Gasteiger partial charge < -0.3 is 21.5 Å². The molecular formula is C16H32BrN. The summed E-state index contributed by atoms with van der Waals surface area (Å²) in [5.74, 6) is 0. The van der Waals surface area contributed by atoms with Gasteiger partial charge in [0.2, 0.25) is 0 Å². The van der Waals surface area contributed by atoms with Crippen LogP contribution in [0.4, 0.5) is 0 Å². The van der Waals surface area contributed by atoms with E-state index in [4.69, 9.17) is 0 Å². The molecule has 0 fully saturated rings. The second-order valence-corrected chi connectivity index (χ2v) is 5.41. The minimum absolute atomic E-state index is 0. The maximum atomic E-state index is 3.86. The first-order valence-electron chi connectivity index (χ1n) is 7.24. The van der Waals surface area contributed by atoms with Crippen molar-refractivity contribution in [3.63, 3.8) is 0 Å². The highest BCUT2D eigenvalue weighted by molar-refractivity contribution is 4.70. The molecule has 0 heterocycles. The van der Waals surface area contributed by atoms with Crippen LogP contribution in [0.5, 0.6) is 0 Å². The van der Waals surface area contributed by atoms with Crippen LogP contribution in [0.2, 0.25) is 0 Å². The SMILES string of the molecule is C=CC[N+](C)(CC=C)CCCCCCCCC.[Br-]. The Balaban J connectivity index is 0. The molecule has 0 rings (SSSR count). The molecule has 1 nitrogen and oxygen atoms in total. The van der Waals surface area contributed by atoms with Gasteiger partial charge in [-0.2, -0.15) is 0 Å². The maximum Gasteiger partial charge on any atom is 0.0971 e. The van der Waals surface area contributed by atoms with Crippen LogP contribution < -0.4 is 17.0 Å². The highest BCUT2D eigenvalue weighted by Gasteiger charge is 2.16. The fourth-order valence-corrected chi connectivity index (χ4v) is 2.33. The quantitative estimate of drug-likeness (QED) is 0.291. The third-order valence-corrected chi connectivity index (χ3v) is 3.44. The largest absolute Gasteiger partial charge is 1.00 e. The van der Waals surface area contributed by atoms with Crippen LogP contribution in [0.25, 0.3) is 0 Å². The van der Waals surface area contributed by atoms with E-state index in [1.807, 2.05) is 12.2 Å². The molecule has 0 aliphatic rings. The molecule has 18 heavy (non-hydrogen) atoms. The van der Waals surface area contributed by atoms with E-state index in [-0.39, 0.29) is 17.0 Å². The lowest BCUT2D eigenvalue weighted by molar-refractivity contribution is -0.898. The summed E-state index contributed by atoms with van der Waals surface area (Å²) in [5.41, 5.74) is 0. The molecule has 0 atom stereocenters. The van der Waals surface area contributed by atoms with Gasteiger partial charge in [0.1, 0.15) is 0 Å². The smallest absolute Gasteiger partial charge is 0.0971 e. The monoisotopic (exact) mass is 317 g/mol. The van der Waals surface area contributed by atoms with Gasteiger partial charge in [-0.05, 0) is 25.0 Å². The fraction of sp³-hybridized carbons (Fsp3) is 0.750. The summed E-state index contributed by atoms with van der Waals surface area (Å²) < 4.78 is 1.07. The van der Waals surface area contributed by atoms with Crippen LogP contribution in [0.1, 0.15) is 51.9 Å². The number of quaternary nitrogens is 1. The lowest BCUT2D eigenvalue weighted by atomic mass is 10.1. The van der Waals surface area contributed by atoms with E-state index in [0.717, 1.165) is 17.6 Å². The molecule has 0 unspecified atom stereocenters. The van der Waals surface area contributed by atoms with Crippen molar-refractivity contribution < 1.29 is 21.5 Å². The molecule has 0 aliphatic heterocycles. The van der Waals surface area contributed by atoms with Gasteiger partial charge in [0, 0.05) is 0 Å². The van der Waals surface area contributed by atoms with Gasteiger partial charge in [-0.3, -0.25) is 0 Å². The summed E-state index contributed by atoms with van der Waals surface area (Å²) >= 11 is 0. The van der Waals surface area contributed by atoms with Crippen molar-refractivity contribution in [3.05, 3.63) is 25.3 Å². The predicted molar refractivity (Wildman–Crippen MR) is 79.2 cm³/mol. The van der Waals surface area contributed by atoms with Gasteiger partial charge in [-0.25, -0.2) is 0 Å². The molecule has 2 heteroatoms. The van der Waals surface area contributed by atoms with Crippen molar-refractivity contribution >= 4 is 0 Å². The molecule has 0 aromatic rings. The molecule has 0 aliphatic carbocycles. The Kier molecular flexibility index (Phi) is 15.0. The number of halogens is 1. The first-order chi connectivity index (χ1) is 8.18. The van der Waals surface area contributed by atoms with Crippen LogP contribution in [0.15, 0.2) is 25.3 Å². The van der Waals surface area contributed by atoms with Gasteiger partial charge in [0.05, 0.1) is 26.7 Å². The van der Waals surface area contributed by atoms with E-state index >= 15 is 0 Å². The average Bonchev–Trinajstić information content (AvgIpc) is 2.28. The van der Waals surface area contributed by atoms with Crippen LogP contribution >= 0.6 is 0 Å². The topological polar surface area (TPSA) is 0 Å². The lowest BCUT2D eigenvalue weighted by Gasteiger charge is -2.32. The number of hydrogen-bond donors (Lipinski definition) is 0. The van der Waals surface area contributed by atoms with Crippen molar-refractivity contribution in [2.75, 3.05) is 26.7 Å². The Morgan fingerprint density at radius 1 is 0.833 bits per heavy atom. The molecule has 108 valence electrons. The van der Waals surface area contributed by atoms with E-state index in [2.05, 4.69) is 27.1 Å². The van der Waals surface area contributed by atoms with Gasteiger partial charge >= 0.3 is 0 Å². The normalized spacial score (nSPS) is 10.8. The minimum atomic E-state index is 0. The summed E-state index contributed by atoms with van der Waals surface area (Å²) in [5, 5.41) is 0. The highest BCUT2D eigenvalue weighted by Crippen LogP contribution is 2.10. The number of likely N-dealkylation sites (N-methyl/N-ethyl adjacent to an activating group) is 1. The molecule has 0 saturated heterocycles. The van der Waals surface area contributed by atoms with Crippen LogP contribution in [0.3, 0.4) is 0 Å². The van der Waals surface area contributed by atoms with Crippen LogP contribution in [0, 0.1) is 0 Å². The molecule has 0 spiro atoms. The second-order valence-electron chi connectivity index (χ2n) is 5.41. The Labute approximate surface area is 125 Å². The van der Waals surface area contributed by atoms with Gasteiger partial charge in [-0.15, -0.1) is 0 Å². The zero-order chi connectivity index (χ0) is 13.0. The van der Waals surface area contributed by atoms with E-state index in [1.165, 1.54) is 51.5 Å². The number of nitrogens with zero attached hydrogens (tertiary/aromatic N) is 1. The molecule has 0 bridgehead atoms. The molecule has 0 aromatic heterocycles. The Bertz CT molecular complexity index is 191. The van der Waals surface area contributed by atoms with Gasteiger partial charge in [0.15, 0.2) is 0 Å². The van der Waals surface area contributed by atoms with E-state index in [0.29, 0.717) is 0 Å². The fourth-order valence-electron chi connectivity index (χ4n) is 2.33. The standard InChI is InChI=1S/C16H32N.BrH/c1-5-8-9-10-11-12-13-16-17(4,14-6-2)15-7-3;/h6-7H,2-3,5,8-16H2,1,4H3;1H/q+1;/p-1. The molecule has 0 amide bonds. The molecule has 0 aromatic carbocycles. The van der Waals surface area contributed by atoms with Crippen molar-refractivity contribution in [2.45, 2.75) is 51.9 Å². The lowest BCUT2D eigenvalue weighted by Crippen LogP contribution is -3.00. The van der Waals surface area contributed by atoms with Crippen molar-refractivity contribution in [1.29, 1.82) is 0 Å². The van der Waals surface area contributed by atoms with E-state index < -0.39 is 0 Å². The Hall–Kier alpha value is -0.0800. The van der Waals surface area contributed by atoms with Crippen molar-refractivity contribution in [1.82, 2.24) is 0 Å². The van der Waals surface area contributed by atoms with Crippen LogP contribution in [-0.2, 0) is 0 Å². The van der Waals surface area contributed by atoms with Crippen LogP contribution in [-0.4, -0.2) is 31.2 Å². The zero-order valence-corrected chi connectivity index (χ0v) is 14.1. The Morgan fingerprint density at radius 3 is 1.72 bits per heavy atom. The Morgan fingerprint density at radius 2 is 1.28 bits per heavy atom. The zero-order valence-electron chi connectivity index (χ0n) is 12.5. The molecular weight excluding hydrogens is 286 g/mol. The second kappa shape index (κ2) is 13.4. The molecule has 0 N–H and O–H groups in total. The summed E-state index contributed by atoms with van der Waals surface area (Å²) in [4.78, 5) is 0. The van der Waals surface area contributed by atoms with Crippen molar-refractivity contribution in [2.24, 2.45) is 0 Å². The summed E-state index contributed by atoms with van der Waals surface area (Å²) in [6.07, 6.45) is 13.8. The van der Waals surface area contributed by atoms with Gasteiger partial charge in [0.25, 0.3) is 0 Å². The molecule has 0 radical (unpaired) electrons.